The first-order valence-corrected chi connectivity index (χ1v) is 6.09. The molecule has 0 radical (unpaired) electrons. The van der Waals surface area contributed by atoms with Gasteiger partial charge in [0.2, 0.25) is 5.91 Å². The zero-order valence-corrected chi connectivity index (χ0v) is 9.54. The fraction of sp³-hybridized carbons (Fsp3) is 0.917. The first-order valence-electron chi connectivity index (χ1n) is 6.09. The lowest BCUT2D eigenvalue weighted by atomic mass is 9.87. The van der Waals surface area contributed by atoms with Crippen molar-refractivity contribution in [3.63, 3.8) is 0 Å². The number of hydrogen-bond donors (Lipinski definition) is 1. The van der Waals surface area contributed by atoms with E-state index in [-0.39, 0.29) is 24.0 Å². The molecule has 2 rings (SSSR count). The van der Waals surface area contributed by atoms with E-state index in [1.807, 2.05) is 4.90 Å². The first kappa shape index (κ1) is 10.9. The molecule has 1 saturated heterocycles. The second-order valence-electron chi connectivity index (χ2n) is 5.24. The maximum atomic E-state index is 12.4. The van der Waals surface area contributed by atoms with Gasteiger partial charge in [0, 0.05) is 12.0 Å². The van der Waals surface area contributed by atoms with Gasteiger partial charge in [0.1, 0.15) is 0 Å². The highest BCUT2D eigenvalue weighted by Gasteiger charge is 2.42. The lowest BCUT2D eigenvalue weighted by Crippen LogP contribution is -2.45. The van der Waals surface area contributed by atoms with Gasteiger partial charge in [-0.25, -0.2) is 0 Å². The van der Waals surface area contributed by atoms with Gasteiger partial charge in [-0.05, 0) is 25.7 Å². The summed E-state index contributed by atoms with van der Waals surface area (Å²) in [5.41, 5.74) is -0.127. The Kier molecular flexibility index (Phi) is 3.01. The zero-order chi connectivity index (χ0) is 10.9. The van der Waals surface area contributed by atoms with Crippen LogP contribution in [0.4, 0.5) is 0 Å². The van der Waals surface area contributed by atoms with Gasteiger partial charge in [0.25, 0.3) is 0 Å². The SMILES string of the molecule is CC1(C(=O)N2CCC[C@H]2CO)CCCC1. The minimum Gasteiger partial charge on any atom is -0.394 e. The minimum absolute atomic E-state index is 0.0925. The van der Waals surface area contributed by atoms with Crippen LogP contribution >= 0.6 is 0 Å². The molecular weight excluding hydrogens is 190 g/mol. The van der Waals surface area contributed by atoms with Crippen LogP contribution in [-0.2, 0) is 4.79 Å². The molecule has 1 N–H and O–H groups in total. The van der Waals surface area contributed by atoms with Gasteiger partial charge in [-0.2, -0.15) is 0 Å². The fourth-order valence-electron chi connectivity index (χ4n) is 3.01. The van der Waals surface area contributed by atoms with Crippen LogP contribution in [-0.4, -0.2) is 35.1 Å². The highest BCUT2D eigenvalue weighted by atomic mass is 16.3. The highest BCUT2D eigenvalue weighted by Crippen LogP contribution is 2.40. The molecule has 86 valence electrons. The number of aliphatic hydroxyl groups excluding tert-OH is 1. The maximum Gasteiger partial charge on any atom is 0.228 e. The number of likely N-dealkylation sites (tertiary alicyclic amines) is 1. The Morgan fingerprint density at radius 3 is 2.67 bits per heavy atom. The molecule has 0 aromatic heterocycles. The van der Waals surface area contributed by atoms with E-state index in [0.29, 0.717) is 0 Å². The summed E-state index contributed by atoms with van der Waals surface area (Å²) >= 11 is 0. The summed E-state index contributed by atoms with van der Waals surface area (Å²) in [5, 5.41) is 9.22. The molecule has 0 unspecified atom stereocenters. The molecule has 3 nitrogen and oxygen atoms in total. The fourth-order valence-corrected chi connectivity index (χ4v) is 3.01. The van der Waals surface area contributed by atoms with Crippen LogP contribution in [0.5, 0.6) is 0 Å². The number of rotatable bonds is 2. The van der Waals surface area contributed by atoms with Gasteiger partial charge in [0.15, 0.2) is 0 Å². The molecule has 0 aromatic carbocycles. The summed E-state index contributed by atoms with van der Waals surface area (Å²) in [6, 6.07) is 0.0925. The summed E-state index contributed by atoms with van der Waals surface area (Å²) in [6.45, 7) is 3.07. The Balaban J connectivity index is 2.06. The van der Waals surface area contributed by atoms with Crippen molar-refractivity contribution in [2.24, 2.45) is 5.41 Å². The number of nitrogens with zero attached hydrogens (tertiary/aromatic N) is 1. The number of carbonyl (C=O) groups is 1. The van der Waals surface area contributed by atoms with Crippen LogP contribution in [0, 0.1) is 5.41 Å². The van der Waals surface area contributed by atoms with Gasteiger partial charge in [-0.1, -0.05) is 19.8 Å². The monoisotopic (exact) mass is 211 g/mol. The van der Waals surface area contributed by atoms with E-state index >= 15 is 0 Å². The smallest absolute Gasteiger partial charge is 0.228 e. The van der Waals surface area contributed by atoms with Gasteiger partial charge in [-0.3, -0.25) is 4.79 Å². The predicted octanol–water partition coefficient (Wildman–Crippen LogP) is 1.55. The zero-order valence-electron chi connectivity index (χ0n) is 9.54. The third-order valence-electron chi connectivity index (χ3n) is 4.07. The molecule has 2 aliphatic rings. The standard InChI is InChI=1S/C12H21NO2/c1-12(6-2-3-7-12)11(15)13-8-4-5-10(13)9-14/h10,14H,2-9H2,1H3/t10-/m0/s1. The van der Waals surface area contributed by atoms with Crippen LogP contribution in [0.25, 0.3) is 0 Å². The Hall–Kier alpha value is -0.570. The molecule has 0 aromatic rings. The second kappa shape index (κ2) is 4.12. The average molecular weight is 211 g/mol. The van der Waals surface area contributed by atoms with Crippen LogP contribution in [0.15, 0.2) is 0 Å². The highest BCUT2D eigenvalue weighted by molar-refractivity contribution is 5.83. The molecule has 0 bridgehead atoms. The van der Waals surface area contributed by atoms with E-state index in [9.17, 15) is 9.90 Å². The van der Waals surface area contributed by atoms with E-state index in [0.717, 1.165) is 32.2 Å². The predicted molar refractivity (Wildman–Crippen MR) is 58.4 cm³/mol. The van der Waals surface area contributed by atoms with Crippen LogP contribution in [0.1, 0.15) is 45.4 Å². The van der Waals surface area contributed by atoms with Gasteiger partial charge >= 0.3 is 0 Å². The molecule has 1 atom stereocenters. The lowest BCUT2D eigenvalue weighted by Gasteiger charge is -2.32. The largest absolute Gasteiger partial charge is 0.394 e. The normalized spacial score (nSPS) is 29.7. The third-order valence-corrected chi connectivity index (χ3v) is 4.07. The Bertz CT molecular complexity index is 246. The molecule has 2 fully saturated rings. The van der Waals surface area contributed by atoms with Crippen molar-refractivity contribution in [2.45, 2.75) is 51.5 Å². The van der Waals surface area contributed by atoms with Gasteiger partial charge < -0.3 is 10.0 Å². The summed E-state index contributed by atoms with van der Waals surface area (Å²) in [4.78, 5) is 14.3. The summed E-state index contributed by atoms with van der Waals surface area (Å²) < 4.78 is 0. The molecule has 1 aliphatic carbocycles. The molecule has 3 heteroatoms. The first-order chi connectivity index (χ1) is 7.17. The molecule has 15 heavy (non-hydrogen) atoms. The van der Waals surface area contributed by atoms with Crippen molar-refractivity contribution in [3.05, 3.63) is 0 Å². The van der Waals surface area contributed by atoms with Crippen molar-refractivity contribution in [3.8, 4) is 0 Å². The minimum atomic E-state index is -0.127. The average Bonchev–Trinajstić information content (AvgIpc) is 2.85. The van der Waals surface area contributed by atoms with Crippen molar-refractivity contribution in [1.82, 2.24) is 4.90 Å². The van der Waals surface area contributed by atoms with Crippen molar-refractivity contribution in [2.75, 3.05) is 13.2 Å². The molecule has 1 saturated carbocycles. The van der Waals surface area contributed by atoms with Crippen LogP contribution in [0.2, 0.25) is 0 Å². The van der Waals surface area contributed by atoms with Crippen molar-refractivity contribution >= 4 is 5.91 Å². The number of carbonyl (C=O) groups excluding carboxylic acids is 1. The van der Waals surface area contributed by atoms with E-state index < -0.39 is 0 Å². The molecule has 0 spiro atoms. The summed E-state index contributed by atoms with van der Waals surface area (Å²) in [7, 11) is 0. The van der Waals surface area contributed by atoms with E-state index in [4.69, 9.17) is 0 Å². The molecule has 1 aliphatic heterocycles. The van der Waals surface area contributed by atoms with Gasteiger partial charge in [-0.15, -0.1) is 0 Å². The number of aliphatic hydroxyl groups is 1. The van der Waals surface area contributed by atoms with E-state index in [1.54, 1.807) is 0 Å². The Labute approximate surface area is 91.5 Å². The van der Waals surface area contributed by atoms with E-state index in [2.05, 4.69) is 6.92 Å². The lowest BCUT2D eigenvalue weighted by molar-refractivity contribution is -0.142. The summed E-state index contributed by atoms with van der Waals surface area (Å²) in [6.07, 6.45) is 6.44. The van der Waals surface area contributed by atoms with E-state index in [1.165, 1.54) is 12.8 Å². The quantitative estimate of drug-likeness (QED) is 0.753. The van der Waals surface area contributed by atoms with Crippen molar-refractivity contribution in [1.29, 1.82) is 0 Å². The van der Waals surface area contributed by atoms with Crippen LogP contribution in [0.3, 0.4) is 0 Å². The van der Waals surface area contributed by atoms with Gasteiger partial charge in [0.05, 0.1) is 12.6 Å². The molecular formula is C12H21NO2. The number of amides is 1. The van der Waals surface area contributed by atoms with Crippen LogP contribution < -0.4 is 0 Å². The summed E-state index contributed by atoms with van der Waals surface area (Å²) in [5.74, 6) is 0.288. The molecule has 1 amide bonds. The maximum absolute atomic E-state index is 12.4. The Morgan fingerprint density at radius 1 is 1.40 bits per heavy atom. The topological polar surface area (TPSA) is 40.5 Å². The Morgan fingerprint density at radius 2 is 2.07 bits per heavy atom. The second-order valence-corrected chi connectivity index (χ2v) is 5.24. The van der Waals surface area contributed by atoms with Crippen molar-refractivity contribution < 1.29 is 9.90 Å². The third kappa shape index (κ3) is 1.89. The number of hydrogen-bond acceptors (Lipinski definition) is 2. The molecule has 1 heterocycles.